The molecule has 0 bridgehead atoms. The third-order valence-corrected chi connectivity index (χ3v) is 5.07. The van der Waals surface area contributed by atoms with Crippen LogP contribution in [0.15, 0.2) is 48.5 Å². The first-order chi connectivity index (χ1) is 14.9. The number of benzene rings is 2. The zero-order chi connectivity index (χ0) is 22.4. The van der Waals surface area contributed by atoms with E-state index in [0.717, 1.165) is 16.9 Å². The van der Waals surface area contributed by atoms with E-state index in [1.165, 1.54) is 0 Å². The molecule has 1 saturated heterocycles. The van der Waals surface area contributed by atoms with E-state index in [1.54, 1.807) is 24.1 Å². The first-order valence-corrected chi connectivity index (χ1v) is 10.2. The molecule has 3 amide bonds. The maximum atomic E-state index is 12.5. The van der Waals surface area contributed by atoms with Gasteiger partial charge in [-0.25, -0.2) is 4.79 Å². The molecule has 2 aromatic carbocycles. The number of aliphatic hydroxyl groups is 1. The number of carbonyl (C=O) groups is 2. The lowest BCUT2D eigenvalue weighted by molar-refractivity contribution is -0.162. The van der Waals surface area contributed by atoms with Gasteiger partial charge in [0.25, 0.3) is 0 Å². The van der Waals surface area contributed by atoms with Gasteiger partial charge >= 0.3 is 6.03 Å². The molecule has 166 valence electrons. The molecule has 1 fully saturated rings. The predicted molar refractivity (Wildman–Crippen MR) is 117 cm³/mol. The number of hydrogen-bond donors (Lipinski definition) is 3. The summed E-state index contributed by atoms with van der Waals surface area (Å²) in [7, 11) is 1.60. The quantitative estimate of drug-likeness (QED) is 0.631. The topological polar surface area (TPSA) is 100 Å². The maximum absolute atomic E-state index is 12.5. The van der Waals surface area contributed by atoms with Gasteiger partial charge in [-0.1, -0.05) is 24.3 Å². The molecule has 0 radical (unpaired) electrons. The Kier molecular flexibility index (Phi) is 7.49. The molecule has 1 aliphatic heterocycles. The molecule has 1 heterocycles. The Hall–Kier alpha value is -3.10. The molecule has 2 aromatic rings. The van der Waals surface area contributed by atoms with Crippen LogP contribution in [0.2, 0.25) is 0 Å². The Balaban J connectivity index is 1.73. The average molecular weight is 428 g/mol. The van der Waals surface area contributed by atoms with E-state index in [4.69, 9.17) is 9.47 Å². The third kappa shape index (κ3) is 5.74. The molecule has 0 spiro atoms. The van der Waals surface area contributed by atoms with Crippen molar-refractivity contribution in [2.45, 2.75) is 38.6 Å². The number of carbonyl (C=O) groups excluding carboxylic acids is 2. The van der Waals surface area contributed by atoms with Crippen molar-refractivity contribution < 1.29 is 24.2 Å². The number of morpholine rings is 1. The van der Waals surface area contributed by atoms with Crippen molar-refractivity contribution in [3.05, 3.63) is 59.7 Å². The van der Waals surface area contributed by atoms with Crippen LogP contribution >= 0.6 is 0 Å². The van der Waals surface area contributed by atoms with Crippen LogP contribution in [0, 0.1) is 0 Å². The number of rotatable bonds is 7. The molecule has 3 N–H and O–H groups in total. The number of ether oxygens (including phenoxy) is 2. The minimum Gasteiger partial charge on any atom is -0.497 e. The van der Waals surface area contributed by atoms with Crippen molar-refractivity contribution in [1.29, 1.82) is 0 Å². The van der Waals surface area contributed by atoms with E-state index in [2.05, 4.69) is 10.6 Å². The summed E-state index contributed by atoms with van der Waals surface area (Å²) >= 11 is 0. The van der Waals surface area contributed by atoms with Crippen LogP contribution in [0.25, 0.3) is 0 Å². The first kappa shape index (κ1) is 22.6. The number of urea groups is 1. The number of hydrogen-bond acceptors (Lipinski definition) is 5. The summed E-state index contributed by atoms with van der Waals surface area (Å²) in [5.74, 6) is 0.569. The van der Waals surface area contributed by atoms with E-state index < -0.39 is 12.1 Å². The number of nitrogens with zero attached hydrogens (tertiary/aromatic N) is 1. The van der Waals surface area contributed by atoms with Gasteiger partial charge < -0.3 is 30.1 Å². The molecule has 31 heavy (non-hydrogen) atoms. The Morgan fingerprint density at radius 1 is 1.19 bits per heavy atom. The fourth-order valence-corrected chi connectivity index (χ4v) is 3.53. The molecular formula is C23H29N3O5. The van der Waals surface area contributed by atoms with E-state index in [9.17, 15) is 14.7 Å². The van der Waals surface area contributed by atoms with Crippen LogP contribution in [0.3, 0.4) is 0 Å². The smallest absolute Gasteiger partial charge is 0.319 e. The maximum Gasteiger partial charge on any atom is 0.319 e. The number of amides is 3. The monoisotopic (exact) mass is 427 g/mol. The van der Waals surface area contributed by atoms with Crippen LogP contribution in [-0.2, 0) is 16.1 Å². The van der Waals surface area contributed by atoms with Gasteiger partial charge in [0.05, 0.1) is 19.8 Å². The highest BCUT2D eigenvalue weighted by molar-refractivity contribution is 5.89. The van der Waals surface area contributed by atoms with Gasteiger partial charge in [0.1, 0.15) is 18.5 Å². The summed E-state index contributed by atoms with van der Waals surface area (Å²) in [5, 5.41) is 15.6. The lowest BCUT2D eigenvalue weighted by atomic mass is 9.98. The standard InChI is InChI=1S/C23H29N3O5/c1-15(2)24-23(29)25-18-8-6-17(7-9-18)22-20(13-27)26(21(28)14-31-22)12-16-4-10-19(30-3)11-5-16/h4-11,15,20,22,27H,12-14H2,1-3H3,(H2,24,25,29)/t20-,22-/m1/s1. The van der Waals surface area contributed by atoms with Crippen LogP contribution in [0.1, 0.15) is 31.1 Å². The SMILES string of the molecule is COc1ccc(CN2C(=O)CO[C@H](c3ccc(NC(=O)NC(C)C)cc3)[C@H]2CO)cc1. The summed E-state index contributed by atoms with van der Waals surface area (Å²) in [6.45, 7) is 3.84. The second-order valence-corrected chi connectivity index (χ2v) is 7.73. The molecule has 0 aliphatic carbocycles. The summed E-state index contributed by atoms with van der Waals surface area (Å²) < 4.78 is 11.0. The van der Waals surface area contributed by atoms with Crippen LogP contribution in [-0.4, -0.2) is 54.4 Å². The average Bonchev–Trinajstić information content (AvgIpc) is 2.75. The highest BCUT2D eigenvalue weighted by Gasteiger charge is 2.37. The van der Waals surface area contributed by atoms with Crippen molar-refractivity contribution in [2.24, 2.45) is 0 Å². The third-order valence-electron chi connectivity index (χ3n) is 5.07. The zero-order valence-corrected chi connectivity index (χ0v) is 18.0. The normalized spacial score (nSPS) is 18.7. The molecular weight excluding hydrogens is 398 g/mol. The van der Waals surface area contributed by atoms with Gasteiger partial charge in [-0.15, -0.1) is 0 Å². The second-order valence-electron chi connectivity index (χ2n) is 7.73. The summed E-state index contributed by atoms with van der Waals surface area (Å²) in [6, 6.07) is 13.9. The Morgan fingerprint density at radius 2 is 1.87 bits per heavy atom. The van der Waals surface area contributed by atoms with Gasteiger partial charge in [0, 0.05) is 18.3 Å². The summed E-state index contributed by atoms with van der Waals surface area (Å²) in [6.07, 6.45) is -0.473. The fourth-order valence-electron chi connectivity index (χ4n) is 3.53. The van der Waals surface area contributed by atoms with Crippen molar-refractivity contribution >= 4 is 17.6 Å². The predicted octanol–water partition coefficient (Wildman–Crippen LogP) is 2.69. The van der Waals surface area contributed by atoms with Crippen molar-refractivity contribution in [3.63, 3.8) is 0 Å². The lowest BCUT2D eigenvalue weighted by Crippen LogP contribution is -2.52. The van der Waals surface area contributed by atoms with E-state index in [0.29, 0.717) is 12.2 Å². The highest BCUT2D eigenvalue weighted by atomic mass is 16.5. The largest absolute Gasteiger partial charge is 0.497 e. The summed E-state index contributed by atoms with van der Waals surface area (Å²) in [5.41, 5.74) is 2.40. The molecule has 3 rings (SSSR count). The molecule has 0 aromatic heterocycles. The van der Waals surface area contributed by atoms with Gasteiger partial charge in [0.2, 0.25) is 5.91 Å². The molecule has 0 unspecified atom stereocenters. The van der Waals surface area contributed by atoms with Crippen molar-refractivity contribution in [3.8, 4) is 5.75 Å². The highest BCUT2D eigenvalue weighted by Crippen LogP contribution is 2.31. The van der Waals surface area contributed by atoms with E-state index in [1.807, 2.05) is 50.2 Å². The molecule has 8 nitrogen and oxygen atoms in total. The number of methoxy groups -OCH3 is 1. The number of nitrogens with one attached hydrogen (secondary N) is 2. The fraction of sp³-hybridized carbons (Fsp3) is 0.391. The van der Waals surface area contributed by atoms with E-state index >= 15 is 0 Å². The number of aliphatic hydroxyl groups excluding tert-OH is 1. The second kappa shape index (κ2) is 10.3. The van der Waals surface area contributed by atoms with Crippen LogP contribution < -0.4 is 15.4 Å². The van der Waals surface area contributed by atoms with Gasteiger partial charge in [-0.2, -0.15) is 0 Å². The van der Waals surface area contributed by atoms with Gasteiger partial charge in [-0.3, -0.25) is 4.79 Å². The van der Waals surface area contributed by atoms with Crippen LogP contribution in [0.4, 0.5) is 10.5 Å². The number of anilines is 1. The minimum atomic E-state index is -0.522. The first-order valence-electron chi connectivity index (χ1n) is 10.2. The Morgan fingerprint density at radius 3 is 2.45 bits per heavy atom. The van der Waals surface area contributed by atoms with E-state index in [-0.39, 0.29) is 31.2 Å². The molecule has 8 heteroatoms. The molecule has 2 atom stereocenters. The van der Waals surface area contributed by atoms with Crippen LogP contribution in [0.5, 0.6) is 5.75 Å². The minimum absolute atomic E-state index is 0.0365. The van der Waals surface area contributed by atoms with Crippen molar-refractivity contribution in [1.82, 2.24) is 10.2 Å². The molecule has 1 aliphatic rings. The zero-order valence-electron chi connectivity index (χ0n) is 18.0. The van der Waals surface area contributed by atoms with Crippen molar-refractivity contribution in [2.75, 3.05) is 25.6 Å². The Labute approximate surface area is 182 Å². The Bertz CT molecular complexity index is 883. The van der Waals surface area contributed by atoms with Gasteiger partial charge in [0.15, 0.2) is 0 Å². The summed E-state index contributed by atoms with van der Waals surface area (Å²) in [4.78, 5) is 26.1. The lowest BCUT2D eigenvalue weighted by Gasteiger charge is -2.40. The van der Waals surface area contributed by atoms with Gasteiger partial charge in [-0.05, 0) is 49.2 Å². The molecule has 0 saturated carbocycles.